The minimum Gasteiger partial charge on any atom is -0.355 e. The molecule has 0 aromatic heterocycles. The van der Waals surface area contributed by atoms with Gasteiger partial charge in [-0.15, -0.1) is 0 Å². The Morgan fingerprint density at radius 1 is 1.09 bits per heavy atom. The average Bonchev–Trinajstić information content (AvgIpc) is 2.94. The topological polar surface area (TPSA) is 18.5 Å². The summed E-state index contributed by atoms with van der Waals surface area (Å²) >= 11 is 0. The van der Waals surface area contributed by atoms with Crippen molar-refractivity contribution in [3.05, 3.63) is 47.6 Å². The Kier molecular flexibility index (Phi) is 2.99. The zero-order valence-electron chi connectivity index (χ0n) is 13.0. The van der Waals surface area contributed by atoms with Crippen molar-refractivity contribution < 1.29 is 9.47 Å². The summed E-state index contributed by atoms with van der Waals surface area (Å²) in [7, 11) is 0. The Balaban J connectivity index is 1.48. The third-order valence-electron chi connectivity index (χ3n) is 6.77. The number of hydrogen-bond donors (Lipinski definition) is 0. The Morgan fingerprint density at radius 2 is 2.09 bits per heavy atom. The molecule has 5 atom stereocenters. The van der Waals surface area contributed by atoms with Crippen LogP contribution in [0.25, 0.3) is 0 Å². The average molecular weight is 296 g/mol. The SMILES string of the molecule is C1=CC2=CCC3C(=CCC4C3CCC43CCOCO3)C2C=C1. The van der Waals surface area contributed by atoms with Crippen molar-refractivity contribution in [1.82, 2.24) is 0 Å². The summed E-state index contributed by atoms with van der Waals surface area (Å²) in [4.78, 5) is 0. The summed E-state index contributed by atoms with van der Waals surface area (Å²) in [5.74, 6) is 2.82. The molecule has 4 aliphatic carbocycles. The molecule has 0 aromatic rings. The van der Waals surface area contributed by atoms with Gasteiger partial charge in [0.15, 0.2) is 0 Å². The molecule has 22 heavy (non-hydrogen) atoms. The van der Waals surface area contributed by atoms with E-state index in [0.29, 0.717) is 18.6 Å². The van der Waals surface area contributed by atoms with Crippen molar-refractivity contribution >= 4 is 0 Å². The van der Waals surface area contributed by atoms with Crippen molar-refractivity contribution in [2.45, 2.75) is 37.7 Å². The van der Waals surface area contributed by atoms with Gasteiger partial charge in [0, 0.05) is 12.3 Å². The van der Waals surface area contributed by atoms with Gasteiger partial charge in [-0.3, -0.25) is 0 Å². The number of rotatable bonds is 0. The third kappa shape index (κ3) is 1.80. The Hall–Kier alpha value is -1.12. The monoisotopic (exact) mass is 296 g/mol. The van der Waals surface area contributed by atoms with E-state index in [1.54, 1.807) is 5.57 Å². The van der Waals surface area contributed by atoms with Crippen molar-refractivity contribution in [2.75, 3.05) is 13.4 Å². The normalized spacial score (nSPS) is 45.8. The minimum absolute atomic E-state index is 0.122. The molecule has 1 saturated carbocycles. The second kappa shape index (κ2) is 4.94. The highest BCUT2D eigenvalue weighted by Gasteiger charge is 2.54. The Labute approximate surface area is 132 Å². The predicted molar refractivity (Wildman–Crippen MR) is 86.1 cm³/mol. The van der Waals surface area contributed by atoms with Gasteiger partial charge in [0.2, 0.25) is 0 Å². The van der Waals surface area contributed by atoms with E-state index in [9.17, 15) is 0 Å². The first kappa shape index (κ1) is 13.3. The van der Waals surface area contributed by atoms with Gasteiger partial charge in [-0.25, -0.2) is 0 Å². The van der Waals surface area contributed by atoms with Crippen molar-refractivity contribution in [3.63, 3.8) is 0 Å². The maximum absolute atomic E-state index is 6.19. The highest BCUT2D eigenvalue weighted by Crippen LogP contribution is 2.57. The van der Waals surface area contributed by atoms with Gasteiger partial charge >= 0.3 is 0 Å². The first-order valence-corrected chi connectivity index (χ1v) is 8.84. The Bertz CT molecular complexity index is 589. The number of allylic oxidation sites excluding steroid dienone is 8. The largest absolute Gasteiger partial charge is 0.355 e. The standard InChI is InChI=1S/C20H24O2/c1-2-4-15-14(3-1)5-6-17-16(15)7-8-19-18(17)9-10-20(19)11-12-21-13-22-20/h1-5,7,15,17-19H,6,8-13H2. The molecule has 0 radical (unpaired) electrons. The quantitative estimate of drug-likeness (QED) is 0.625. The van der Waals surface area contributed by atoms with E-state index >= 15 is 0 Å². The second-order valence-electron chi connectivity index (χ2n) is 7.50. The molecule has 1 heterocycles. The van der Waals surface area contributed by atoms with Crippen LogP contribution >= 0.6 is 0 Å². The van der Waals surface area contributed by atoms with E-state index in [2.05, 4.69) is 36.5 Å². The lowest BCUT2D eigenvalue weighted by Gasteiger charge is -2.46. The fourth-order valence-corrected chi connectivity index (χ4v) is 5.73. The molecule has 5 rings (SSSR count). The third-order valence-corrected chi connectivity index (χ3v) is 6.77. The van der Waals surface area contributed by atoms with E-state index < -0.39 is 0 Å². The zero-order valence-corrected chi connectivity index (χ0v) is 13.0. The molecule has 1 spiro atoms. The maximum Gasteiger partial charge on any atom is 0.147 e. The van der Waals surface area contributed by atoms with E-state index in [4.69, 9.17) is 9.47 Å². The van der Waals surface area contributed by atoms with Gasteiger partial charge in [0.05, 0.1) is 12.2 Å². The molecule has 116 valence electrons. The van der Waals surface area contributed by atoms with Crippen molar-refractivity contribution in [2.24, 2.45) is 23.7 Å². The second-order valence-corrected chi connectivity index (χ2v) is 7.50. The lowest BCUT2D eigenvalue weighted by atomic mass is 9.62. The summed E-state index contributed by atoms with van der Waals surface area (Å²) in [5, 5.41) is 0. The first-order valence-electron chi connectivity index (χ1n) is 8.84. The fraction of sp³-hybridized carbons (Fsp3) is 0.600. The zero-order chi connectivity index (χ0) is 14.6. The van der Waals surface area contributed by atoms with Crippen LogP contribution in [-0.2, 0) is 9.47 Å². The molecule has 0 bridgehead atoms. The summed E-state index contributed by atoms with van der Waals surface area (Å²) in [5.41, 5.74) is 3.33. The fourth-order valence-electron chi connectivity index (χ4n) is 5.73. The molecule has 2 heteroatoms. The van der Waals surface area contributed by atoms with Crippen LogP contribution in [0.5, 0.6) is 0 Å². The number of ether oxygens (including phenoxy) is 2. The van der Waals surface area contributed by atoms with Crippen LogP contribution in [0.4, 0.5) is 0 Å². The molecule has 2 nitrogen and oxygen atoms in total. The van der Waals surface area contributed by atoms with Gasteiger partial charge in [0.25, 0.3) is 0 Å². The Morgan fingerprint density at radius 3 is 3.00 bits per heavy atom. The van der Waals surface area contributed by atoms with E-state index in [1.165, 1.54) is 31.3 Å². The van der Waals surface area contributed by atoms with E-state index in [1.807, 2.05) is 0 Å². The molecular formula is C20H24O2. The van der Waals surface area contributed by atoms with Crippen molar-refractivity contribution in [3.8, 4) is 0 Å². The molecule has 2 fully saturated rings. The van der Waals surface area contributed by atoms with Crippen LogP contribution < -0.4 is 0 Å². The van der Waals surface area contributed by atoms with Crippen LogP contribution in [0, 0.1) is 23.7 Å². The van der Waals surface area contributed by atoms with Crippen LogP contribution in [0.1, 0.15) is 32.1 Å². The highest BCUT2D eigenvalue weighted by atomic mass is 16.7. The van der Waals surface area contributed by atoms with Gasteiger partial charge < -0.3 is 9.47 Å². The van der Waals surface area contributed by atoms with Gasteiger partial charge in [-0.2, -0.15) is 0 Å². The van der Waals surface area contributed by atoms with Crippen LogP contribution in [-0.4, -0.2) is 19.0 Å². The first-order chi connectivity index (χ1) is 10.9. The number of hydrogen-bond acceptors (Lipinski definition) is 2. The molecule has 1 aliphatic heterocycles. The summed E-state index contributed by atoms with van der Waals surface area (Å²) in [6, 6.07) is 0. The molecule has 5 aliphatic rings. The molecule has 5 unspecified atom stereocenters. The number of fused-ring (bicyclic) bond motifs is 6. The van der Waals surface area contributed by atoms with Crippen LogP contribution in [0.15, 0.2) is 47.6 Å². The van der Waals surface area contributed by atoms with E-state index in [0.717, 1.165) is 24.9 Å². The molecule has 0 aromatic carbocycles. The molecule has 1 saturated heterocycles. The minimum atomic E-state index is 0.122. The lowest BCUT2D eigenvalue weighted by Crippen LogP contribution is -2.46. The molecule has 0 N–H and O–H groups in total. The highest BCUT2D eigenvalue weighted by molar-refractivity contribution is 5.44. The summed E-state index contributed by atoms with van der Waals surface area (Å²) < 4.78 is 11.6. The molecule has 0 amide bonds. The molecular weight excluding hydrogens is 272 g/mol. The van der Waals surface area contributed by atoms with Crippen LogP contribution in [0.3, 0.4) is 0 Å². The van der Waals surface area contributed by atoms with Gasteiger partial charge in [-0.1, -0.05) is 42.0 Å². The van der Waals surface area contributed by atoms with Crippen molar-refractivity contribution in [1.29, 1.82) is 0 Å². The lowest BCUT2D eigenvalue weighted by molar-refractivity contribution is -0.210. The van der Waals surface area contributed by atoms with Crippen LogP contribution in [0.2, 0.25) is 0 Å². The van der Waals surface area contributed by atoms with Gasteiger partial charge in [-0.05, 0) is 49.0 Å². The predicted octanol–water partition coefficient (Wildman–Crippen LogP) is 4.16. The summed E-state index contributed by atoms with van der Waals surface area (Å²) in [6.45, 7) is 1.38. The van der Waals surface area contributed by atoms with Gasteiger partial charge in [0.1, 0.15) is 6.79 Å². The maximum atomic E-state index is 6.19. The smallest absolute Gasteiger partial charge is 0.147 e. The van der Waals surface area contributed by atoms with E-state index in [-0.39, 0.29) is 5.60 Å². The summed E-state index contributed by atoms with van der Waals surface area (Å²) in [6.07, 6.45) is 20.2.